The van der Waals surface area contributed by atoms with Crippen molar-refractivity contribution in [3.05, 3.63) is 68.5 Å². The van der Waals surface area contributed by atoms with Crippen LogP contribution in [0.4, 0.5) is 0 Å². The topological polar surface area (TPSA) is 68.3 Å². The summed E-state index contributed by atoms with van der Waals surface area (Å²) >= 11 is 3.07. The Hall–Kier alpha value is -2.88. The first-order chi connectivity index (χ1) is 16.6. The highest BCUT2D eigenvalue weighted by Gasteiger charge is 2.34. The van der Waals surface area contributed by atoms with Crippen molar-refractivity contribution in [2.75, 3.05) is 47.1 Å². The van der Waals surface area contributed by atoms with Crippen LogP contribution in [-0.4, -0.2) is 68.7 Å². The lowest BCUT2D eigenvalue weighted by Crippen LogP contribution is -2.48. The van der Waals surface area contributed by atoms with E-state index in [4.69, 9.17) is 14.2 Å². The molecule has 180 valence electrons. The fraction of sp³-hybridized carbons (Fsp3) is 0.360. The average Bonchev–Trinajstić information content (AvgIpc) is 3.57. The molecule has 2 aromatic heterocycles. The minimum atomic E-state index is -0.242. The van der Waals surface area contributed by atoms with Gasteiger partial charge in [0.15, 0.2) is 11.5 Å². The quantitative estimate of drug-likeness (QED) is 0.419. The van der Waals surface area contributed by atoms with E-state index >= 15 is 0 Å². The Kier molecular flexibility index (Phi) is 8.21. The van der Waals surface area contributed by atoms with Crippen molar-refractivity contribution < 1.29 is 23.8 Å². The van der Waals surface area contributed by atoms with Crippen LogP contribution in [0.1, 0.15) is 26.2 Å². The van der Waals surface area contributed by atoms with Crippen molar-refractivity contribution in [1.29, 1.82) is 0 Å². The molecule has 3 aromatic rings. The fourth-order valence-electron chi connectivity index (χ4n) is 4.05. The molecule has 0 bridgehead atoms. The second-order valence-electron chi connectivity index (χ2n) is 7.81. The monoisotopic (exact) mass is 500 g/mol. The van der Waals surface area contributed by atoms with Gasteiger partial charge >= 0.3 is 0 Å². The molecule has 3 heterocycles. The third kappa shape index (κ3) is 5.43. The summed E-state index contributed by atoms with van der Waals surface area (Å²) in [6.07, 6.45) is 0.793. The maximum atomic E-state index is 13.5. The Morgan fingerprint density at radius 1 is 1.06 bits per heavy atom. The summed E-state index contributed by atoms with van der Waals surface area (Å²) in [6, 6.07) is 12.9. The van der Waals surface area contributed by atoms with E-state index in [0.29, 0.717) is 42.7 Å². The van der Waals surface area contributed by atoms with Crippen LogP contribution >= 0.6 is 22.7 Å². The first kappa shape index (κ1) is 24.3. The van der Waals surface area contributed by atoms with Crippen molar-refractivity contribution in [2.45, 2.75) is 12.5 Å². The van der Waals surface area contributed by atoms with Gasteiger partial charge in [0.2, 0.25) is 5.91 Å². The molecule has 0 N–H and O–H groups in total. The van der Waals surface area contributed by atoms with Crippen molar-refractivity contribution >= 4 is 34.5 Å². The normalized spacial score (nSPS) is 15.0. The largest absolute Gasteiger partial charge is 0.493 e. The Bertz CT molecular complexity index is 1100. The molecule has 0 radical (unpaired) electrons. The van der Waals surface area contributed by atoms with Gasteiger partial charge in [0.25, 0.3) is 5.91 Å². The summed E-state index contributed by atoms with van der Waals surface area (Å²) in [5, 5.41) is 3.91. The fourth-order valence-corrected chi connectivity index (χ4v) is 5.66. The minimum Gasteiger partial charge on any atom is -0.493 e. The first-order valence-electron chi connectivity index (χ1n) is 11.1. The van der Waals surface area contributed by atoms with Gasteiger partial charge in [-0.25, -0.2) is 0 Å². The molecule has 0 saturated carbocycles. The van der Waals surface area contributed by atoms with Gasteiger partial charge in [-0.05, 0) is 47.0 Å². The molecule has 34 heavy (non-hydrogen) atoms. The predicted molar refractivity (Wildman–Crippen MR) is 133 cm³/mol. The molecule has 4 rings (SSSR count). The van der Waals surface area contributed by atoms with Crippen molar-refractivity contribution in [3.63, 3.8) is 0 Å². The SMILES string of the molecule is COCCN(CC(=O)N1CCc2sccc2[C@H]1COc1ccccc1OC)C(=O)c1cccs1. The number of thiophene rings is 2. The highest BCUT2D eigenvalue weighted by atomic mass is 32.1. The lowest BCUT2D eigenvalue weighted by atomic mass is 10.0. The van der Waals surface area contributed by atoms with Crippen LogP contribution in [0, 0.1) is 0 Å². The smallest absolute Gasteiger partial charge is 0.264 e. The average molecular weight is 501 g/mol. The van der Waals surface area contributed by atoms with Crippen LogP contribution in [0.5, 0.6) is 11.5 Å². The van der Waals surface area contributed by atoms with E-state index in [1.54, 1.807) is 36.5 Å². The summed E-state index contributed by atoms with van der Waals surface area (Å²) in [7, 11) is 3.19. The predicted octanol–water partition coefficient (Wildman–Crippen LogP) is 4.11. The molecule has 1 aliphatic rings. The zero-order valence-electron chi connectivity index (χ0n) is 19.3. The molecule has 9 heteroatoms. The van der Waals surface area contributed by atoms with Gasteiger partial charge in [-0.3, -0.25) is 9.59 Å². The molecule has 1 aromatic carbocycles. The number of carbonyl (C=O) groups is 2. The van der Waals surface area contributed by atoms with Crippen LogP contribution in [0.2, 0.25) is 0 Å². The van der Waals surface area contributed by atoms with E-state index in [-0.39, 0.29) is 24.4 Å². The summed E-state index contributed by atoms with van der Waals surface area (Å²) in [5.41, 5.74) is 1.10. The van der Waals surface area contributed by atoms with Gasteiger partial charge in [-0.1, -0.05) is 18.2 Å². The number of nitrogens with zero attached hydrogens (tertiary/aromatic N) is 2. The third-order valence-electron chi connectivity index (χ3n) is 5.79. The highest BCUT2D eigenvalue weighted by Crippen LogP contribution is 2.35. The standard InChI is InChI=1S/C25H28N2O5S2/c1-30-13-12-26(25(29)23-8-5-14-33-23)16-24(28)27-11-9-22-18(10-15-34-22)19(27)17-32-21-7-4-3-6-20(21)31-2/h3-8,10,14-15,19H,9,11-13,16-17H2,1-2H3/t19-/m1/s1. The highest BCUT2D eigenvalue weighted by molar-refractivity contribution is 7.12. The third-order valence-corrected chi connectivity index (χ3v) is 7.65. The summed E-state index contributed by atoms with van der Waals surface area (Å²) < 4.78 is 16.7. The Labute approximate surface area is 207 Å². The molecule has 0 fully saturated rings. The molecule has 0 spiro atoms. The first-order valence-corrected chi connectivity index (χ1v) is 12.8. The summed E-state index contributed by atoms with van der Waals surface area (Å²) in [6.45, 7) is 1.58. The van der Waals surface area contributed by atoms with Crippen LogP contribution < -0.4 is 9.47 Å². The van der Waals surface area contributed by atoms with Gasteiger partial charge in [0.05, 0.1) is 24.6 Å². The van der Waals surface area contributed by atoms with Crippen LogP contribution in [0.25, 0.3) is 0 Å². The number of para-hydroxylation sites is 2. The maximum Gasteiger partial charge on any atom is 0.264 e. The van der Waals surface area contributed by atoms with Gasteiger partial charge in [0, 0.05) is 25.1 Å². The van der Waals surface area contributed by atoms with Crippen molar-refractivity contribution in [2.24, 2.45) is 0 Å². The number of rotatable bonds is 10. The number of ether oxygens (including phenoxy) is 3. The molecule has 0 unspecified atom stereocenters. The number of hydrogen-bond donors (Lipinski definition) is 0. The van der Waals surface area contributed by atoms with E-state index in [1.807, 2.05) is 40.6 Å². The Morgan fingerprint density at radius 3 is 2.62 bits per heavy atom. The van der Waals surface area contributed by atoms with Crippen LogP contribution in [0.3, 0.4) is 0 Å². The van der Waals surface area contributed by atoms with Gasteiger partial charge in [-0.15, -0.1) is 22.7 Å². The van der Waals surface area contributed by atoms with Gasteiger partial charge < -0.3 is 24.0 Å². The second-order valence-corrected chi connectivity index (χ2v) is 9.76. The van der Waals surface area contributed by atoms with Crippen molar-refractivity contribution in [1.82, 2.24) is 9.80 Å². The molecule has 1 aliphatic heterocycles. The van der Waals surface area contributed by atoms with E-state index < -0.39 is 0 Å². The van der Waals surface area contributed by atoms with Crippen LogP contribution in [-0.2, 0) is 16.0 Å². The number of amides is 2. The van der Waals surface area contributed by atoms with Gasteiger partial charge in [0.1, 0.15) is 13.2 Å². The zero-order chi connectivity index (χ0) is 23.9. The molecule has 7 nitrogen and oxygen atoms in total. The summed E-state index contributed by atoms with van der Waals surface area (Å²) in [4.78, 5) is 31.8. The lowest BCUT2D eigenvalue weighted by Gasteiger charge is -2.37. The van der Waals surface area contributed by atoms with E-state index in [1.165, 1.54) is 16.2 Å². The van der Waals surface area contributed by atoms with E-state index in [2.05, 4.69) is 11.4 Å². The minimum absolute atomic E-state index is 0.00920. The number of hydrogen-bond acceptors (Lipinski definition) is 7. The van der Waals surface area contributed by atoms with E-state index in [0.717, 1.165) is 12.0 Å². The molecular formula is C25H28N2O5S2. The maximum absolute atomic E-state index is 13.5. The van der Waals surface area contributed by atoms with E-state index in [9.17, 15) is 9.59 Å². The molecule has 1 atom stereocenters. The molecule has 0 saturated heterocycles. The molecule has 2 amide bonds. The zero-order valence-corrected chi connectivity index (χ0v) is 20.9. The molecule has 0 aliphatic carbocycles. The Balaban J connectivity index is 1.52. The molecular weight excluding hydrogens is 472 g/mol. The van der Waals surface area contributed by atoms with Crippen molar-refractivity contribution in [3.8, 4) is 11.5 Å². The summed E-state index contributed by atoms with van der Waals surface area (Å²) in [5.74, 6) is 1.02. The lowest BCUT2D eigenvalue weighted by molar-refractivity contribution is -0.135. The number of fused-ring (bicyclic) bond motifs is 1. The van der Waals surface area contributed by atoms with Crippen LogP contribution in [0.15, 0.2) is 53.2 Å². The number of methoxy groups -OCH3 is 2. The Morgan fingerprint density at radius 2 is 1.88 bits per heavy atom. The second kappa shape index (κ2) is 11.5. The number of benzene rings is 1. The number of carbonyl (C=O) groups excluding carboxylic acids is 2. The van der Waals surface area contributed by atoms with Gasteiger partial charge in [-0.2, -0.15) is 0 Å².